The number of aliphatic hydroxyl groups excluding tert-OH is 1. The Morgan fingerprint density at radius 1 is 1.18 bits per heavy atom. The lowest BCUT2D eigenvalue weighted by molar-refractivity contribution is 0.237. The van der Waals surface area contributed by atoms with Gasteiger partial charge in [-0.15, -0.1) is 0 Å². The third kappa shape index (κ3) is 3.56. The maximum atomic E-state index is 10.7. The summed E-state index contributed by atoms with van der Waals surface area (Å²) in [4.78, 5) is 0. The average molecular weight is 265 g/mol. The van der Waals surface area contributed by atoms with E-state index in [1.54, 1.807) is 0 Å². The van der Waals surface area contributed by atoms with Crippen molar-refractivity contribution in [1.29, 1.82) is 0 Å². The number of methoxy groups -OCH3 is 2. The highest BCUT2D eigenvalue weighted by Crippen LogP contribution is 2.31. The van der Waals surface area contributed by atoms with Crippen LogP contribution in [0, 0.1) is 0 Å². The highest BCUT2D eigenvalue weighted by Gasteiger charge is 2.23. The second-order valence-electron chi connectivity index (χ2n) is 2.98. The molecule has 1 rings (SSSR count). The summed E-state index contributed by atoms with van der Waals surface area (Å²) < 4.78 is 40.0. The van der Waals surface area contributed by atoms with Gasteiger partial charge in [-0.1, -0.05) is 6.07 Å². The Hall–Kier alpha value is -1.35. The molecule has 1 aromatic carbocycles. The molecule has 0 saturated heterocycles. The topological polar surface area (TPSA) is 128 Å². The molecule has 0 aromatic heterocycles. The van der Waals surface area contributed by atoms with Crippen LogP contribution in [0.4, 0.5) is 0 Å². The normalized spacial score (nSPS) is 12.5. The van der Waals surface area contributed by atoms with Crippen molar-refractivity contribution in [2.75, 3.05) is 14.2 Å². The summed E-state index contributed by atoms with van der Waals surface area (Å²) in [5.74, 6) is 0.663. The van der Waals surface area contributed by atoms with Gasteiger partial charge in [-0.2, -0.15) is 8.42 Å². The van der Waals surface area contributed by atoms with E-state index in [4.69, 9.17) is 14.0 Å². The van der Waals surface area contributed by atoms with E-state index in [2.05, 4.69) is 0 Å². The molecule has 8 heteroatoms. The van der Waals surface area contributed by atoms with E-state index < -0.39 is 15.6 Å². The number of hydrogen-bond acceptors (Lipinski definition) is 6. The zero-order chi connectivity index (χ0) is 12.3. The van der Waals surface area contributed by atoms with Gasteiger partial charge in [0.25, 0.3) is 10.1 Å². The summed E-state index contributed by atoms with van der Waals surface area (Å²) in [6.07, 6.45) is 0. The lowest BCUT2D eigenvalue weighted by atomic mass is 10.2. The third-order valence-electron chi connectivity index (χ3n) is 1.97. The van der Waals surface area contributed by atoms with Crippen molar-refractivity contribution in [3.05, 3.63) is 23.8 Å². The fourth-order valence-corrected chi connectivity index (χ4v) is 1.67. The van der Waals surface area contributed by atoms with Crippen molar-refractivity contribution in [2.45, 2.75) is 5.44 Å². The molecule has 0 radical (unpaired) electrons. The standard InChI is InChI=1S/C9H12O6S.H3N/c1-14-7-4-3-6(5-8(7)15-2)9(10)16(11,12)13;/h3-5,9-10H,1-2H3,(H,11,12,13);1H3. The first-order chi connectivity index (χ1) is 7.40. The van der Waals surface area contributed by atoms with Gasteiger partial charge >= 0.3 is 0 Å². The van der Waals surface area contributed by atoms with Gasteiger partial charge in [0.05, 0.1) is 14.2 Å². The first kappa shape index (κ1) is 15.7. The van der Waals surface area contributed by atoms with Crippen LogP contribution in [0.3, 0.4) is 0 Å². The minimum atomic E-state index is -4.54. The predicted octanol–water partition coefficient (Wildman–Crippen LogP) is 0.744. The molecule has 98 valence electrons. The number of rotatable bonds is 4. The molecule has 1 aromatic rings. The van der Waals surface area contributed by atoms with Crippen LogP contribution in [0.5, 0.6) is 11.5 Å². The first-order valence-electron chi connectivity index (χ1n) is 4.26. The Morgan fingerprint density at radius 2 is 1.71 bits per heavy atom. The van der Waals surface area contributed by atoms with E-state index in [-0.39, 0.29) is 17.5 Å². The number of hydrogen-bond donors (Lipinski definition) is 3. The lowest BCUT2D eigenvalue weighted by Gasteiger charge is -2.11. The molecule has 1 unspecified atom stereocenters. The van der Waals surface area contributed by atoms with Crippen molar-refractivity contribution in [2.24, 2.45) is 0 Å². The highest BCUT2D eigenvalue weighted by molar-refractivity contribution is 7.85. The summed E-state index contributed by atoms with van der Waals surface area (Å²) in [6.45, 7) is 0. The molecule has 0 aliphatic heterocycles. The van der Waals surface area contributed by atoms with E-state index in [1.807, 2.05) is 0 Å². The quantitative estimate of drug-likeness (QED) is 0.685. The summed E-state index contributed by atoms with van der Waals surface area (Å²) in [5, 5.41) is 9.31. The van der Waals surface area contributed by atoms with Gasteiger partial charge < -0.3 is 20.7 Å². The number of aliphatic hydroxyl groups is 1. The summed E-state index contributed by atoms with van der Waals surface area (Å²) in [7, 11) is -1.74. The second kappa shape index (κ2) is 5.82. The highest BCUT2D eigenvalue weighted by atomic mass is 32.2. The van der Waals surface area contributed by atoms with Gasteiger partial charge in [0.1, 0.15) is 0 Å². The van der Waals surface area contributed by atoms with Gasteiger partial charge in [0.15, 0.2) is 11.5 Å². The van der Waals surface area contributed by atoms with Crippen LogP contribution < -0.4 is 15.6 Å². The van der Waals surface area contributed by atoms with E-state index in [0.29, 0.717) is 5.75 Å². The Balaban J connectivity index is 0.00000256. The first-order valence-corrected chi connectivity index (χ1v) is 5.76. The van der Waals surface area contributed by atoms with Crippen LogP contribution in [-0.4, -0.2) is 32.3 Å². The van der Waals surface area contributed by atoms with E-state index in [1.165, 1.54) is 32.4 Å². The zero-order valence-corrected chi connectivity index (χ0v) is 10.3. The summed E-state index contributed by atoms with van der Waals surface area (Å²) in [5.41, 5.74) is -1.99. The molecule has 17 heavy (non-hydrogen) atoms. The van der Waals surface area contributed by atoms with Crippen LogP contribution in [-0.2, 0) is 10.1 Å². The molecule has 0 heterocycles. The van der Waals surface area contributed by atoms with Gasteiger partial charge in [0.2, 0.25) is 5.44 Å². The predicted molar refractivity (Wildman–Crippen MR) is 61.1 cm³/mol. The van der Waals surface area contributed by atoms with Crippen molar-refractivity contribution in [3.8, 4) is 11.5 Å². The van der Waals surface area contributed by atoms with E-state index in [0.717, 1.165) is 0 Å². The lowest BCUT2D eigenvalue weighted by Crippen LogP contribution is -2.11. The van der Waals surface area contributed by atoms with Crippen LogP contribution in [0.1, 0.15) is 11.0 Å². The van der Waals surface area contributed by atoms with Crippen molar-refractivity contribution in [1.82, 2.24) is 6.15 Å². The van der Waals surface area contributed by atoms with Gasteiger partial charge in [-0.3, -0.25) is 4.55 Å². The van der Waals surface area contributed by atoms with E-state index >= 15 is 0 Å². The van der Waals surface area contributed by atoms with E-state index in [9.17, 15) is 13.5 Å². The Morgan fingerprint density at radius 3 is 2.12 bits per heavy atom. The summed E-state index contributed by atoms with van der Waals surface area (Å²) in [6, 6.07) is 4.03. The van der Waals surface area contributed by atoms with Gasteiger partial charge in [0, 0.05) is 5.56 Å². The minimum absolute atomic E-state index is 0. The fourth-order valence-electron chi connectivity index (χ4n) is 1.18. The summed E-state index contributed by atoms with van der Waals surface area (Å²) >= 11 is 0. The average Bonchev–Trinajstić information content (AvgIpc) is 2.25. The molecule has 0 bridgehead atoms. The molecule has 0 amide bonds. The van der Waals surface area contributed by atoms with Crippen molar-refractivity contribution >= 4 is 10.1 Å². The molecule has 7 nitrogen and oxygen atoms in total. The van der Waals surface area contributed by atoms with Crippen molar-refractivity contribution in [3.63, 3.8) is 0 Å². The smallest absolute Gasteiger partial charge is 0.296 e. The SMILES string of the molecule is COc1ccc(C(O)S(=O)(=O)O)cc1OC.N. The van der Waals surface area contributed by atoms with Gasteiger partial charge in [-0.05, 0) is 12.1 Å². The maximum absolute atomic E-state index is 10.7. The molecular weight excluding hydrogens is 250 g/mol. The van der Waals surface area contributed by atoms with Crippen molar-refractivity contribution < 1.29 is 27.6 Å². The molecule has 0 aliphatic rings. The zero-order valence-electron chi connectivity index (χ0n) is 9.45. The monoisotopic (exact) mass is 265 g/mol. The molecule has 0 fully saturated rings. The van der Waals surface area contributed by atoms with Crippen LogP contribution in [0.25, 0.3) is 0 Å². The molecular formula is C9H15NO6S. The molecule has 0 spiro atoms. The molecule has 0 saturated carbocycles. The Labute approximate surface area is 99.3 Å². The number of benzene rings is 1. The second-order valence-corrected chi connectivity index (χ2v) is 4.46. The molecule has 0 aliphatic carbocycles. The number of ether oxygens (including phenoxy) is 2. The van der Waals surface area contributed by atoms with Crippen LogP contribution >= 0.6 is 0 Å². The fraction of sp³-hybridized carbons (Fsp3) is 0.333. The third-order valence-corrected chi connectivity index (χ3v) is 2.81. The van der Waals surface area contributed by atoms with Gasteiger partial charge in [-0.25, -0.2) is 0 Å². The Bertz CT molecular complexity index is 472. The molecule has 5 N–H and O–H groups in total. The minimum Gasteiger partial charge on any atom is -0.493 e. The Kier molecular flexibility index (Phi) is 5.36. The van der Waals surface area contributed by atoms with Crippen LogP contribution in [0.15, 0.2) is 18.2 Å². The molecule has 1 atom stereocenters. The van der Waals surface area contributed by atoms with Crippen LogP contribution in [0.2, 0.25) is 0 Å². The largest absolute Gasteiger partial charge is 0.493 e. The maximum Gasteiger partial charge on any atom is 0.296 e.